The Balaban J connectivity index is 1.44. The van der Waals surface area contributed by atoms with Crippen LogP contribution >= 0.6 is 0 Å². The number of benzene rings is 3. The van der Waals surface area contributed by atoms with Gasteiger partial charge < -0.3 is 5.11 Å². The van der Waals surface area contributed by atoms with Gasteiger partial charge in [0.15, 0.2) is 0 Å². The second-order valence-corrected chi connectivity index (χ2v) is 7.93. The zero-order valence-electron chi connectivity index (χ0n) is 16.4. The van der Waals surface area contributed by atoms with Crippen molar-refractivity contribution in [3.05, 3.63) is 84.2 Å². The van der Waals surface area contributed by atoms with Gasteiger partial charge in [0.05, 0.1) is 6.20 Å². The molecule has 5 rings (SSSR count). The molecule has 1 saturated heterocycles. The lowest BCUT2D eigenvalue weighted by molar-refractivity contribution is 0.197. The third-order valence-electron chi connectivity index (χ3n) is 6.05. The molecule has 1 aliphatic rings. The molecular formula is C25H25N3O. The smallest absolute Gasteiger partial charge is 0.120 e. The first kappa shape index (κ1) is 18.0. The van der Waals surface area contributed by atoms with Crippen LogP contribution in [0.5, 0.6) is 5.75 Å². The van der Waals surface area contributed by atoms with Crippen LogP contribution in [0.2, 0.25) is 0 Å². The quantitative estimate of drug-likeness (QED) is 0.502. The van der Waals surface area contributed by atoms with E-state index in [0.29, 0.717) is 11.7 Å². The molecule has 0 radical (unpaired) electrons. The van der Waals surface area contributed by atoms with Crippen LogP contribution in [0.4, 0.5) is 0 Å². The lowest BCUT2D eigenvalue weighted by Gasteiger charge is -2.33. The van der Waals surface area contributed by atoms with E-state index in [1.807, 2.05) is 24.4 Å². The van der Waals surface area contributed by atoms with Gasteiger partial charge in [0.25, 0.3) is 0 Å². The van der Waals surface area contributed by atoms with Crippen molar-refractivity contribution in [1.82, 2.24) is 15.1 Å². The van der Waals surface area contributed by atoms with E-state index < -0.39 is 0 Å². The van der Waals surface area contributed by atoms with Gasteiger partial charge in [-0.05, 0) is 41.8 Å². The van der Waals surface area contributed by atoms with E-state index in [4.69, 9.17) is 0 Å². The van der Waals surface area contributed by atoms with E-state index in [0.717, 1.165) is 38.0 Å². The summed E-state index contributed by atoms with van der Waals surface area (Å²) in [6, 6.07) is 22.6. The van der Waals surface area contributed by atoms with Crippen LogP contribution in [-0.4, -0.2) is 33.3 Å². The molecule has 0 amide bonds. The predicted octanol–water partition coefficient (Wildman–Crippen LogP) is 5.32. The Morgan fingerprint density at radius 2 is 1.79 bits per heavy atom. The summed E-state index contributed by atoms with van der Waals surface area (Å²) in [4.78, 5) is 2.44. The highest BCUT2D eigenvalue weighted by molar-refractivity contribution is 5.97. The summed E-state index contributed by atoms with van der Waals surface area (Å²) in [6.07, 6.45) is 4.27. The van der Waals surface area contributed by atoms with E-state index in [1.165, 1.54) is 27.6 Å². The highest BCUT2D eigenvalue weighted by Crippen LogP contribution is 2.36. The monoisotopic (exact) mass is 383 g/mol. The molecule has 0 saturated carbocycles. The summed E-state index contributed by atoms with van der Waals surface area (Å²) in [5.74, 6) is 0.790. The average molecular weight is 383 g/mol. The fourth-order valence-corrected chi connectivity index (χ4v) is 4.60. The van der Waals surface area contributed by atoms with Gasteiger partial charge in [0.1, 0.15) is 5.75 Å². The van der Waals surface area contributed by atoms with E-state index >= 15 is 0 Å². The minimum absolute atomic E-state index is 0.382. The summed E-state index contributed by atoms with van der Waals surface area (Å²) in [7, 11) is 0. The molecule has 1 fully saturated rings. The van der Waals surface area contributed by atoms with E-state index in [2.05, 4.69) is 57.6 Å². The van der Waals surface area contributed by atoms with Crippen molar-refractivity contribution in [3.8, 4) is 16.9 Å². The average Bonchev–Trinajstić information content (AvgIpc) is 3.25. The summed E-state index contributed by atoms with van der Waals surface area (Å²) in [5, 5.41) is 20.4. The fourth-order valence-electron chi connectivity index (χ4n) is 4.60. The summed E-state index contributed by atoms with van der Waals surface area (Å²) in [5.41, 5.74) is 4.66. The second kappa shape index (κ2) is 7.72. The topological polar surface area (TPSA) is 52.1 Å². The molecule has 1 aromatic heterocycles. The number of nitrogens with one attached hydrogen (secondary N) is 1. The molecule has 146 valence electrons. The van der Waals surface area contributed by atoms with Crippen LogP contribution < -0.4 is 0 Å². The van der Waals surface area contributed by atoms with Gasteiger partial charge in [0.2, 0.25) is 0 Å². The number of H-pyrrole nitrogens is 1. The Kier molecular flexibility index (Phi) is 4.78. The number of aromatic nitrogens is 2. The third kappa shape index (κ3) is 3.52. The Labute approximate surface area is 170 Å². The van der Waals surface area contributed by atoms with Crippen LogP contribution in [0, 0.1) is 0 Å². The number of rotatable bonds is 4. The van der Waals surface area contributed by atoms with Gasteiger partial charge in [-0.25, -0.2) is 0 Å². The Morgan fingerprint density at radius 1 is 0.966 bits per heavy atom. The number of hydrogen-bond donors (Lipinski definition) is 2. The number of hydrogen-bond acceptors (Lipinski definition) is 3. The molecule has 1 unspecified atom stereocenters. The lowest BCUT2D eigenvalue weighted by atomic mass is 9.89. The minimum atomic E-state index is 0.382. The maximum absolute atomic E-state index is 10.1. The van der Waals surface area contributed by atoms with Crippen LogP contribution in [0.25, 0.3) is 21.9 Å². The van der Waals surface area contributed by atoms with Gasteiger partial charge in [-0.1, -0.05) is 60.7 Å². The summed E-state index contributed by atoms with van der Waals surface area (Å²) < 4.78 is 0. The predicted molar refractivity (Wildman–Crippen MR) is 117 cm³/mol. The van der Waals surface area contributed by atoms with Gasteiger partial charge in [-0.2, -0.15) is 5.10 Å². The van der Waals surface area contributed by atoms with Crippen molar-refractivity contribution in [3.63, 3.8) is 0 Å². The van der Waals surface area contributed by atoms with Gasteiger partial charge in [0, 0.05) is 35.8 Å². The second-order valence-electron chi connectivity index (χ2n) is 7.93. The number of phenols is 1. The fraction of sp³-hybridized carbons (Fsp3) is 0.240. The van der Waals surface area contributed by atoms with Crippen LogP contribution in [-0.2, 0) is 6.54 Å². The number of phenolic OH excluding ortho intramolecular Hbond substituents is 1. The highest BCUT2D eigenvalue weighted by Gasteiger charge is 2.26. The maximum Gasteiger partial charge on any atom is 0.120 e. The number of nitrogens with zero attached hydrogens (tertiary/aromatic N) is 2. The number of piperidine rings is 1. The molecule has 4 nitrogen and oxygen atoms in total. The number of aromatic amines is 1. The van der Waals surface area contributed by atoms with Crippen molar-refractivity contribution < 1.29 is 5.11 Å². The van der Waals surface area contributed by atoms with Crippen LogP contribution in [0.15, 0.2) is 72.9 Å². The number of fused-ring (bicyclic) bond motifs is 1. The van der Waals surface area contributed by atoms with Gasteiger partial charge >= 0.3 is 0 Å². The Bertz CT molecular complexity index is 1130. The molecule has 0 aliphatic carbocycles. The van der Waals surface area contributed by atoms with Crippen LogP contribution in [0.3, 0.4) is 0 Å². The van der Waals surface area contributed by atoms with Gasteiger partial charge in [-0.3, -0.25) is 10.00 Å². The van der Waals surface area contributed by atoms with Crippen molar-refractivity contribution >= 4 is 10.8 Å². The Hall–Kier alpha value is -3.11. The summed E-state index contributed by atoms with van der Waals surface area (Å²) in [6.45, 7) is 2.80. The molecule has 2 heterocycles. The van der Waals surface area contributed by atoms with Crippen molar-refractivity contribution in [2.45, 2.75) is 25.3 Å². The molecule has 4 aromatic rings. The van der Waals surface area contributed by atoms with E-state index in [9.17, 15) is 5.11 Å². The first-order valence-corrected chi connectivity index (χ1v) is 10.3. The number of likely N-dealkylation sites (tertiary alicyclic amines) is 1. The molecule has 1 aliphatic heterocycles. The molecular weight excluding hydrogens is 358 g/mol. The minimum Gasteiger partial charge on any atom is -0.508 e. The normalized spacial score (nSPS) is 17.6. The lowest BCUT2D eigenvalue weighted by Crippen LogP contribution is -2.34. The van der Waals surface area contributed by atoms with Crippen molar-refractivity contribution in [2.75, 3.05) is 13.1 Å². The SMILES string of the molecule is Oc1ccccc1CN1CCCC(c2[nH]ncc2-c2cccc3ccccc23)C1. The molecule has 4 heteroatoms. The molecule has 1 atom stereocenters. The standard InChI is InChI=1S/C25H25N3O/c29-24-13-4-2-8-19(24)16-28-14-6-10-20(17-28)25-23(15-26-27-25)22-12-5-9-18-7-1-3-11-21(18)22/h1-5,7-9,11-13,15,20,29H,6,10,14,16-17H2,(H,26,27). The third-order valence-corrected chi connectivity index (χ3v) is 6.05. The largest absolute Gasteiger partial charge is 0.508 e. The first-order chi connectivity index (χ1) is 14.3. The highest BCUT2D eigenvalue weighted by atomic mass is 16.3. The van der Waals surface area contributed by atoms with E-state index in [1.54, 1.807) is 6.07 Å². The molecule has 0 bridgehead atoms. The van der Waals surface area contributed by atoms with Crippen molar-refractivity contribution in [2.24, 2.45) is 0 Å². The number of para-hydroxylation sites is 1. The number of aromatic hydroxyl groups is 1. The van der Waals surface area contributed by atoms with Crippen LogP contribution in [0.1, 0.15) is 30.0 Å². The Morgan fingerprint density at radius 3 is 2.72 bits per heavy atom. The first-order valence-electron chi connectivity index (χ1n) is 10.3. The van der Waals surface area contributed by atoms with E-state index in [-0.39, 0.29) is 0 Å². The zero-order valence-corrected chi connectivity index (χ0v) is 16.4. The molecule has 29 heavy (non-hydrogen) atoms. The maximum atomic E-state index is 10.1. The molecule has 2 N–H and O–H groups in total. The molecule has 3 aromatic carbocycles. The summed E-state index contributed by atoms with van der Waals surface area (Å²) >= 11 is 0. The molecule has 0 spiro atoms. The van der Waals surface area contributed by atoms with Crippen molar-refractivity contribution in [1.29, 1.82) is 0 Å². The van der Waals surface area contributed by atoms with Gasteiger partial charge in [-0.15, -0.1) is 0 Å². The zero-order chi connectivity index (χ0) is 19.6.